The van der Waals surface area contributed by atoms with E-state index < -0.39 is 11.9 Å². The van der Waals surface area contributed by atoms with Crippen LogP contribution >= 0.6 is 0 Å². The Kier molecular flexibility index (Phi) is 5.04. The molecule has 1 unspecified atom stereocenters. The van der Waals surface area contributed by atoms with Crippen molar-refractivity contribution in [2.24, 2.45) is 0 Å². The maximum absolute atomic E-state index is 12.0. The number of nitrogens with one attached hydrogen (secondary N) is 2. The summed E-state index contributed by atoms with van der Waals surface area (Å²) in [5, 5.41) is 19.2. The van der Waals surface area contributed by atoms with Crippen molar-refractivity contribution in [2.75, 3.05) is 5.32 Å². The summed E-state index contributed by atoms with van der Waals surface area (Å²) in [5.74, 6) is -1.11. The average molecular weight is 460 g/mol. The number of aromatic nitrogens is 6. The molecule has 0 saturated carbocycles. The van der Waals surface area contributed by atoms with Crippen molar-refractivity contribution in [3.63, 3.8) is 0 Å². The molecule has 0 spiro atoms. The zero-order chi connectivity index (χ0) is 24.0. The SMILES string of the molecule is CCC(C)Nc1nc(-n2cnc3cc(C(=O)O)ccc32)nc2c(C=C3CC(=O)NC3=O)cnn12. The van der Waals surface area contributed by atoms with Crippen LogP contribution in [-0.2, 0) is 9.59 Å². The Hall–Kier alpha value is -4.61. The lowest BCUT2D eigenvalue weighted by Crippen LogP contribution is -2.19. The molecule has 1 fully saturated rings. The number of anilines is 1. The van der Waals surface area contributed by atoms with E-state index in [1.165, 1.54) is 18.5 Å². The molecule has 12 nitrogen and oxygen atoms in total. The standard InChI is InChI=1S/C22H20N8O4/c1-3-11(2)25-22-28-21(29-10-23-15-7-12(20(33)34)4-5-16(15)29)27-18-14(9-24-30(18)22)6-13-8-17(31)26-19(13)32/h4-7,9-11H,3,8H2,1-2H3,(H,33,34)(H,25,27,28)(H,26,31,32). The van der Waals surface area contributed by atoms with E-state index in [1.807, 2.05) is 13.8 Å². The summed E-state index contributed by atoms with van der Waals surface area (Å²) in [7, 11) is 0. The molecule has 172 valence electrons. The van der Waals surface area contributed by atoms with Gasteiger partial charge < -0.3 is 10.4 Å². The number of carbonyl (C=O) groups excluding carboxylic acids is 2. The number of carboxylic acid groups (broad SMARTS) is 1. The van der Waals surface area contributed by atoms with Gasteiger partial charge in [-0.25, -0.2) is 9.78 Å². The quantitative estimate of drug-likeness (QED) is 0.288. The van der Waals surface area contributed by atoms with Gasteiger partial charge in [0.25, 0.3) is 5.91 Å². The molecular weight excluding hydrogens is 440 g/mol. The third-order valence-electron chi connectivity index (χ3n) is 5.61. The molecule has 0 aliphatic carbocycles. The van der Waals surface area contributed by atoms with Gasteiger partial charge in [-0.15, -0.1) is 0 Å². The first-order valence-corrected chi connectivity index (χ1v) is 10.6. The smallest absolute Gasteiger partial charge is 0.335 e. The molecule has 3 aromatic heterocycles. The molecule has 34 heavy (non-hydrogen) atoms. The van der Waals surface area contributed by atoms with Crippen molar-refractivity contribution in [2.45, 2.75) is 32.7 Å². The second-order valence-corrected chi connectivity index (χ2v) is 7.98. The Balaban J connectivity index is 1.68. The van der Waals surface area contributed by atoms with Crippen LogP contribution in [0.3, 0.4) is 0 Å². The van der Waals surface area contributed by atoms with E-state index in [-0.39, 0.29) is 29.9 Å². The van der Waals surface area contributed by atoms with Crippen LogP contribution in [0.5, 0.6) is 0 Å². The molecule has 1 aliphatic rings. The Bertz CT molecular complexity index is 1520. The molecule has 1 aromatic carbocycles. The molecule has 2 amide bonds. The molecule has 12 heteroatoms. The summed E-state index contributed by atoms with van der Waals surface area (Å²) >= 11 is 0. The number of rotatable bonds is 6. The van der Waals surface area contributed by atoms with Crippen LogP contribution in [-0.4, -0.2) is 58.1 Å². The van der Waals surface area contributed by atoms with Gasteiger partial charge in [-0.1, -0.05) is 6.92 Å². The number of nitrogens with zero attached hydrogens (tertiary/aromatic N) is 6. The van der Waals surface area contributed by atoms with Crippen LogP contribution in [0.15, 0.2) is 36.3 Å². The predicted octanol–water partition coefficient (Wildman–Crippen LogP) is 1.80. The van der Waals surface area contributed by atoms with Crippen molar-refractivity contribution < 1.29 is 19.5 Å². The number of hydrogen-bond acceptors (Lipinski definition) is 8. The fourth-order valence-electron chi connectivity index (χ4n) is 3.62. The van der Waals surface area contributed by atoms with E-state index in [9.17, 15) is 19.5 Å². The summed E-state index contributed by atoms with van der Waals surface area (Å²) in [4.78, 5) is 48.6. The number of hydrogen-bond donors (Lipinski definition) is 3. The molecule has 1 atom stereocenters. The number of aromatic carboxylic acids is 1. The lowest BCUT2D eigenvalue weighted by molar-refractivity contribution is -0.124. The highest BCUT2D eigenvalue weighted by Crippen LogP contribution is 2.23. The highest BCUT2D eigenvalue weighted by Gasteiger charge is 2.25. The van der Waals surface area contributed by atoms with E-state index in [4.69, 9.17) is 0 Å². The molecule has 1 saturated heterocycles. The zero-order valence-electron chi connectivity index (χ0n) is 18.3. The van der Waals surface area contributed by atoms with Crippen molar-refractivity contribution in [1.82, 2.24) is 34.4 Å². The summed E-state index contributed by atoms with van der Waals surface area (Å²) in [6, 6.07) is 4.71. The van der Waals surface area contributed by atoms with Gasteiger partial charge in [-0.05, 0) is 37.6 Å². The normalized spacial score (nSPS) is 15.9. The molecule has 4 heterocycles. The maximum Gasteiger partial charge on any atom is 0.335 e. The van der Waals surface area contributed by atoms with Gasteiger partial charge in [0.05, 0.1) is 29.2 Å². The van der Waals surface area contributed by atoms with Gasteiger partial charge in [0.15, 0.2) is 5.65 Å². The van der Waals surface area contributed by atoms with Gasteiger partial charge >= 0.3 is 5.97 Å². The molecule has 4 aromatic rings. The number of imide groups is 1. The largest absolute Gasteiger partial charge is 0.478 e. The summed E-state index contributed by atoms with van der Waals surface area (Å²) in [6.45, 7) is 4.05. The monoisotopic (exact) mass is 460 g/mol. The van der Waals surface area contributed by atoms with Gasteiger partial charge in [-0.3, -0.25) is 19.5 Å². The fourth-order valence-corrected chi connectivity index (χ4v) is 3.62. The zero-order valence-corrected chi connectivity index (χ0v) is 18.3. The number of fused-ring (bicyclic) bond motifs is 2. The minimum Gasteiger partial charge on any atom is -0.478 e. The minimum absolute atomic E-state index is 0.00976. The Labute approximate surface area is 192 Å². The molecule has 0 bridgehead atoms. The molecule has 5 rings (SSSR count). The van der Waals surface area contributed by atoms with Crippen LogP contribution < -0.4 is 10.6 Å². The third kappa shape index (κ3) is 3.64. The number of amides is 2. The topological polar surface area (TPSA) is 156 Å². The van der Waals surface area contributed by atoms with E-state index in [1.54, 1.807) is 27.4 Å². The number of carboxylic acids is 1. The second-order valence-electron chi connectivity index (χ2n) is 7.98. The second kappa shape index (κ2) is 8.06. The Morgan fingerprint density at radius 1 is 1.32 bits per heavy atom. The highest BCUT2D eigenvalue weighted by molar-refractivity contribution is 6.15. The molecular formula is C22H20N8O4. The van der Waals surface area contributed by atoms with Crippen LogP contribution in [0.1, 0.15) is 42.6 Å². The lowest BCUT2D eigenvalue weighted by atomic mass is 10.1. The van der Waals surface area contributed by atoms with E-state index in [0.717, 1.165) is 6.42 Å². The summed E-state index contributed by atoms with van der Waals surface area (Å²) in [5.41, 5.74) is 2.54. The van der Waals surface area contributed by atoms with Crippen molar-refractivity contribution in [3.05, 3.63) is 47.4 Å². The van der Waals surface area contributed by atoms with Gasteiger partial charge in [0.2, 0.25) is 17.8 Å². The van der Waals surface area contributed by atoms with E-state index in [0.29, 0.717) is 33.8 Å². The van der Waals surface area contributed by atoms with Crippen LogP contribution in [0.25, 0.3) is 28.7 Å². The van der Waals surface area contributed by atoms with Crippen LogP contribution in [0.2, 0.25) is 0 Å². The van der Waals surface area contributed by atoms with Gasteiger partial charge in [0.1, 0.15) is 6.33 Å². The van der Waals surface area contributed by atoms with Gasteiger partial charge in [0, 0.05) is 17.2 Å². The number of carbonyl (C=O) groups is 3. The van der Waals surface area contributed by atoms with Gasteiger partial charge in [-0.2, -0.15) is 19.6 Å². The summed E-state index contributed by atoms with van der Waals surface area (Å²) in [6.07, 6.45) is 5.51. The Morgan fingerprint density at radius 3 is 2.85 bits per heavy atom. The Morgan fingerprint density at radius 2 is 2.15 bits per heavy atom. The number of imidazole rings is 1. The minimum atomic E-state index is -1.04. The van der Waals surface area contributed by atoms with Crippen LogP contribution in [0, 0.1) is 0 Å². The summed E-state index contributed by atoms with van der Waals surface area (Å²) < 4.78 is 3.19. The van der Waals surface area contributed by atoms with E-state index >= 15 is 0 Å². The first kappa shape index (κ1) is 21.2. The number of benzene rings is 1. The molecule has 0 radical (unpaired) electrons. The third-order valence-corrected chi connectivity index (χ3v) is 5.61. The lowest BCUT2D eigenvalue weighted by Gasteiger charge is -2.14. The highest BCUT2D eigenvalue weighted by atomic mass is 16.4. The maximum atomic E-state index is 12.0. The van der Waals surface area contributed by atoms with E-state index in [2.05, 4.69) is 30.7 Å². The molecule has 3 N–H and O–H groups in total. The van der Waals surface area contributed by atoms with Crippen molar-refractivity contribution in [1.29, 1.82) is 0 Å². The predicted molar refractivity (Wildman–Crippen MR) is 121 cm³/mol. The van der Waals surface area contributed by atoms with Crippen molar-refractivity contribution in [3.8, 4) is 5.95 Å². The average Bonchev–Trinajstić information content (AvgIpc) is 3.50. The first-order chi connectivity index (χ1) is 16.3. The van der Waals surface area contributed by atoms with Crippen molar-refractivity contribution >= 4 is 46.5 Å². The van der Waals surface area contributed by atoms with Crippen LogP contribution in [0.4, 0.5) is 5.95 Å². The molecule has 1 aliphatic heterocycles. The first-order valence-electron chi connectivity index (χ1n) is 10.6. The fraction of sp³-hybridized carbons (Fsp3) is 0.227.